The maximum absolute atomic E-state index is 14.6. The highest BCUT2D eigenvalue weighted by Gasteiger charge is 2.47. The molecule has 1 aromatic carbocycles. The van der Waals surface area contributed by atoms with Crippen molar-refractivity contribution in [2.75, 3.05) is 26.2 Å². The number of carbonyl (C=O) groups excluding carboxylic acids is 3. The summed E-state index contributed by atoms with van der Waals surface area (Å²) in [5.74, 6) is -0.492. The quantitative estimate of drug-likeness (QED) is 0.203. The minimum absolute atomic E-state index is 0.0443. The molecule has 3 atom stereocenters. The number of amides is 3. The third kappa shape index (κ3) is 7.07. The predicted molar refractivity (Wildman–Crippen MR) is 191 cm³/mol. The molecule has 0 aliphatic carbocycles. The lowest BCUT2D eigenvalue weighted by atomic mass is 9.92. The Bertz CT molecular complexity index is 2160. The minimum Gasteiger partial charge on any atom is -0.340 e. The lowest BCUT2D eigenvalue weighted by Gasteiger charge is -2.44. The molecule has 3 saturated heterocycles. The van der Waals surface area contributed by atoms with Crippen LogP contribution in [0.2, 0.25) is 0 Å². The van der Waals surface area contributed by atoms with E-state index in [0.29, 0.717) is 61.3 Å². The summed E-state index contributed by atoms with van der Waals surface area (Å²) in [6.45, 7) is 2.68. The molecule has 0 bridgehead atoms. The first-order chi connectivity index (χ1) is 24.6. The van der Waals surface area contributed by atoms with E-state index in [1.807, 2.05) is 52.2 Å². The van der Waals surface area contributed by atoms with Crippen molar-refractivity contribution in [2.24, 2.45) is 0 Å². The highest BCUT2D eigenvalue weighted by atomic mass is 32.1. The van der Waals surface area contributed by atoms with E-state index in [1.165, 1.54) is 11.3 Å². The SMILES string of the molecule is O=C(N[C@H]1CN(Cc2ccn3ccnc3c2)CC[C@H]2CC[C@@H](C(=O)N3CC(c4cccnc4)C3)N2C1=O)c1cc2cc(CP(=O)(O)O)ccc2s1. The van der Waals surface area contributed by atoms with Crippen molar-refractivity contribution in [3.05, 3.63) is 101 Å². The second-order valence-electron chi connectivity index (χ2n) is 13.8. The zero-order valence-electron chi connectivity index (χ0n) is 27.7. The fraction of sp³-hybridized carbons (Fsp3) is 0.361. The first kappa shape index (κ1) is 33.7. The average Bonchev–Trinajstić information content (AvgIpc) is 3.83. The van der Waals surface area contributed by atoms with Crippen molar-refractivity contribution in [3.63, 3.8) is 0 Å². The summed E-state index contributed by atoms with van der Waals surface area (Å²) in [6, 6.07) is 13.1. The van der Waals surface area contributed by atoms with Gasteiger partial charge in [0.2, 0.25) is 11.8 Å². The molecule has 13 nitrogen and oxygen atoms in total. The van der Waals surface area contributed by atoms with E-state index in [9.17, 15) is 28.7 Å². The maximum Gasteiger partial charge on any atom is 0.329 e. The second-order valence-corrected chi connectivity index (χ2v) is 16.5. The Morgan fingerprint density at radius 2 is 1.84 bits per heavy atom. The predicted octanol–water partition coefficient (Wildman–Crippen LogP) is 3.61. The van der Waals surface area contributed by atoms with Gasteiger partial charge in [-0.2, -0.15) is 0 Å². The summed E-state index contributed by atoms with van der Waals surface area (Å²) in [7, 11) is -4.26. The number of imidazole rings is 1. The van der Waals surface area contributed by atoms with E-state index in [2.05, 4.69) is 20.2 Å². The summed E-state index contributed by atoms with van der Waals surface area (Å²) < 4.78 is 14.3. The van der Waals surface area contributed by atoms with Crippen LogP contribution in [0.25, 0.3) is 15.7 Å². The van der Waals surface area contributed by atoms with Crippen LogP contribution < -0.4 is 5.32 Å². The van der Waals surface area contributed by atoms with Gasteiger partial charge in [-0.25, -0.2) is 4.98 Å². The number of thiophene rings is 1. The van der Waals surface area contributed by atoms with E-state index in [4.69, 9.17) is 0 Å². The number of likely N-dealkylation sites (tertiary alicyclic amines) is 1. The molecule has 51 heavy (non-hydrogen) atoms. The molecule has 3 aliphatic rings. The van der Waals surface area contributed by atoms with Crippen molar-refractivity contribution in [3.8, 4) is 0 Å². The smallest absolute Gasteiger partial charge is 0.329 e. The third-order valence-corrected chi connectivity index (χ3v) is 12.2. The molecule has 0 radical (unpaired) electrons. The Morgan fingerprint density at radius 3 is 2.65 bits per heavy atom. The number of nitrogens with one attached hydrogen (secondary N) is 1. The van der Waals surface area contributed by atoms with Gasteiger partial charge in [-0.3, -0.25) is 28.8 Å². The number of nitrogens with zero attached hydrogens (tertiary/aromatic N) is 6. The fourth-order valence-corrected chi connectivity index (χ4v) is 9.33. The van der Waals surface area contributed by atoms with Crippen LogP contribution in [0.1, 0.15) is 51.5 Å². The highest BCUT2D eigenvalue weighted by molar-refractivity contribution is 7.50. The summed E-state index contributed by atoms with van der Waals surface area (Å²) in [4.78, 5) is 76.1. The van der Waals surface area contributed by atoms with Gasteiger partial charge in [0.05, 0.1) is 11.0 Å². The number of hydrogen-bond donors (Lipinski definition) is 3. The lowest BCUT2D eigenvalue weighted by molar-refractivity contribution is -0.150. The fourth-order valence-electron chi connectivity index (χ4n) is 7.71. The number of rotatable bonds is 8. The van der Waals surface area contributed by atoms with Gasteiger partial charge in [0, 0.05) is 80.4 Å². The molecule has 3 N–H and O–H groups in total. The van der Waals surface area contributed by atoms with Crippen molar-refractivity contribution < 1.29 is 28.7 Å². The molecule has 264 valence electrons. The van der Waals surface area contributed by atoms with Gasteiger partial charge >= 0.3 is 7.60 Å². The lowest BCUT2D eigenvalue weighted by Crippen LogP contribution is -2.62. The van der Waals surface area contributed by atoms with Crippen LogP contribution in [-0.2, 0) is 26.9 Å². The molecule has 7 heterocycles. The highest BCUT2D eigenvalue weighted by Crippen LogP contribution is 2.40. The van der Waals surface area contributed by atoms with Gasteiger partial charge < -0.3 is 29.3 Å². The van der Waals surface area contributed by atoms with Crippen LogP contribution in [0.4, 0.5) is 0 Å². The van der Waals surface area contributed by atoms with Gasteiger partial charge in [0.1, 0.15) is 17.7 Å². The van der Waals surface area contributed by atoms with Crippen LogP contribution in [0.5, 0.6) is 0 Å². The van der Waals surface area contributed by atoms with Crippen LogP contribution in [0.15, 0.2) is 79.5 Å². The standard InChI is InChI=1S/C36H38N7O6PS/c44-34(32-16-26-14-24(22-50(47,48)49)3-6-31(26)51-32)39-29-21-40(18-23-7-12-41-13-10-38-33(41)15-23)11-8-28-4-5-30(43(28)35(29)45)36(46)42-19-27(20-42)25-2-1-9-37-17-25/h1-3,6-7,9-10,12-17,27-30H,4-5,8,11,18-22H2,(H,39,44)(H2,47,48,49)/t28-,29+,30+/m1/s1. The van der Waals surface area contributed by atoms with Gasteiger partial charge in [-0.15, -0.1) is 11.3 Å². The van der Waals surface area contributed by atoms with E-state index < -0.39 is 31.7 Å². The molecule has 3 amide bonds. The van der Waals surface area contributed by atoms with E-state index in [-0.39, 0.29) is 30.3 Å². The number of fused-ring (bicyclic) bond motifs is 3. The average molecular weight is 728 g/mol. The second kappa shape index (κ2) is 13.6. The summed E-state index contributed by atoms with van der Waals surface area (Å²) >= 11 is 1.26. The molecule has 3 fully saturated rings. The number of benzene rings is 1. The summed E-state index contributed by atoms with van der Waals surface area (Å²) in [5, 5.41) is 3.73. The minimum atomic E-state index is -4.26. The zero-order chi connectivity index (χ0) is 35.3. The van der Waals surface area contributed by atoms with Gasteiger partial charge in [-0.05, 0) is 77.7 Å². The van der Waals surface area contributed by atoms with Crippen molar-refractivity contribution in [2.45, 2.75) is 56.0 Å². The van der Waals surface area contributed by atoms with Gasteiger partial charge in [-0.1, -0.05) is 12.1 Å². The van der Waals surface area contributed by atoms with E-state index in [0.717, 1.165) is 21.5 Å². The Labute approximate surface area is 298 Å². The Kier molecular flexibility index (Phi) is 8.97. The number of hydrogen-bond acceptors (Lipinski definition) is 8. The van der Waals surface area contributed by atoms with Crippen molar-refractivity contribution in [1.82, 2.24) is 34.4 Å². The molecule has 5 aromatic rings. The van der Waals surface area contributed by atoms with Crippen molar-refractivity contribution in [1.29, 1.82) is 0 Å². The van der Waals surface area contributed by atoms with Crippen LogP contribution in [0.3, 0.4) is 0 Å². The molecule has 0 saturated carbocycles. The Balaban J connectivity index is 1.03. The number of carbonyl (C=O) groups is 3. The Morgan fingerprint density at radius 1 is 0.980 bits per heavy atom. The Hall–Kier alpha value is -4.46. The topological polar surface area (TPSA) is 161 Å². The molecule has 0 unspecified atom stereocenters. The summed E-state index contributed by atoms with van der Waals surface area (Å²) in [5.41, 5.74) is 3.45. The molecular formula is C36H38N7O6PS. The van der Waals surface area contributed by atoms with Crippen molar-refractivity contribution >= 4 is 52.4 Å². The third-order valence-electron chi connectivity index (χ3n) is 10.3. The van der Waals surface area contributed by atoms with E-state index in [1.54, 1.807) is 41.6 Å². The molecule has 0 spiro atoms. The van der Waals surface area contributed by atoms with E-state index >= 15 is 0 Å². The summed E-state index contributed by atoms with van der Waals surface area (Å²) in [6.07, 6.45) is 10.8. The number of aromatic nitrogens is 3. The molecule has 3 aliphatic heterocycles. The van der Waals surface area contributed by atoms with Gasteiger partial charge in [0.15, 0.2) is 0 Å². The molecular weight excluding hydrogens is 689 g/mol. The maximum atomic E-state index is 14.6. The van der Waals surface area contributed by atoms with Gasteiger partial charge in [0.25, 0.3) is 5.91 Å². The molecule has 15 heteroatoms. The normalized spacial score (nSPS) is 21.8. The first-order valence-electron chi connectivity index (χ1n) is 17.1. The molecule has 4 aromatic heterocycles. The van der Waals surface area contributed by atoms with Crippen LogP contribution in [0, 0.1) is 0 Å². The largest absolute Gasteiger partial charge is 0.340 e. The van der Waals surface area contributed by atoms with Crippen LogP contribution in [-0.4, -0.2) is 101 Å². The van der Waals surface area contributed by atoms with Crippen LogP contribution >= 0.6 is 18.9 Å². The first-order valence-corrected chi connectivity index (χ1v) is 19.7. The molecule has 8 rings (SSSR count). The monoisotopic (exact) mass is 727 g/mol. The number of pyridine rings is 2. The zero-order valence-corrected chi connectivity index (χ0v) is 29.5.